The molecule has 0 aliphatic carbocycles. The quantitative estimate of drug-likeness (QED) is 0.776. The molecular weight excluding hydrogens is 282 g/mol. The Morgan fingerprint density at radius 1 is 1.40 bits per heavy atom. The molecule has 0 aromatic rings. The molecule has 2 N–H and O–H groups in total. The number of carbonyl (C=O) groups excluding carboxylic acids is 2. The van der Waals surface area contributed by atoms with Gasteiger partial charge in [0.05, 0.1) is 19.8 Å². The summed E-state index contributed by atoms with van der Waals surface area (Å²) in [5.41, 5.74) is -0.278. The van der Waals surface area contributed by atoms with Gasteiger partial charge in [-0.15, -0.1) is 12.4 Å². The highest BCUT2D eigenvalue weighted by atomic mass is 35.5. The monoisotopic (exact) mass is 307 g/mol. The molecular formula is C13H26ClN3O3. The first kappa shape index (κ1) is 19.1. The summed E-state index contributed by atoms with van der Waals surface area (Å²) in [4.78, 5) is 25.1. The molecule has 0 aromatic carbocycles. The molecule has 0 aromatic heterocycles. The molecule has 1 heterocycles. The van der Waals surface area contributed by atoms with Gasteiger partial charge in [-0.2, -0.15) is 0 Å². The van der Waals surface area contributed by atoms with Crippen LogP contribution < -0.4 is 10.6 Å². The van der Waals surface area contributed by atoms with Crippen molar-refractivity contribution in [2.45, 2.75) is 38.8 Å². The fraction of sp³-hybridized carbons (Fsp3) is 0.846. The molecule has 20 heavy (non-hydrogen) atoms. The zero-order chi connectivity index (χ0) is 14.5. The van der Waals surface area contributed by atoms with Crippen molar-refractivity contribution in [2.75, 3.05) is 33.4 Å². The van der Waals surface area contributed by atoms with Gasteiger partial charge in [0.15, 0.2) is 0 Å². The van der Waals surface area contributed by atoms with Gasteiger partial charge in [-0.3, -0.25) is 9.59 Å². The number of amides is 2. The Balaban J connectivity index is 0.00000361. The Morgan fingerprint density at radius 2 is 2.05 bits per heavy atom. The Kier molecular flexibility index (Phi) is 8.08. The highest BCUT2D eigenvalue weighted by Crippen LogP contribution is 2.02. The van der Waals surface area contributed by atoms with Crippen molar-refractivity contribution in [1.29, 1.82) is 0 Å². The van der Waals surface area contributed by atoms with E-state index in [0.717, 1.165) is 6.54 Å². The number of morpholine rings is 1. The maximum Gasteiger partial charge on any atom is 0.240 e. The first-order valence-electron chi connectivity index (χ1n) is 6.64. The predicted octanol–water partition coefficient (Wildman–Crippen LogP) is 0.160. The van der Waals surface area contributed by atoms with Crippen LogP contribution in [0.3, 0.4) is 0 Å². The minimum Gasteiger partial charge on any atom is -0.378 e. The standard InChI is InChI=1S/C13H25N3O3.ClH/c1-13(2,3)15-11(17)8-16(4)12(18)7-10-9-19-6-5-14-10;/h10,14H,5-9H2,1-4H3,(H,15,17);1H. The van der Waals surface area contributed by atoms with Crippen LogP contribution in [0.25, 0.3) is 0 Å². The molecule has 1 atom stereocenters. The van der Waals surface area contributed by atoms with Gasteiger partial charge in [0.25, 0.3) is 0 Å². The SMILES string of the molecule is CN(CC(=O)NC(C)(C)C)C(=O)CC1COCCN1.Cl. The number of halogens is 1. The molecule has 118 valence electrons. The zero-order valence-electron chi connectivity index (χ0n) is 12.7. The number of hydrogen-bond donors (Lipinski definition) is 2. The lowest BCUT2D eigenvalue weighted by Crippen LogP contribution is -2.48. The molecule has 7 heteroatoms. The summed E-state index contributed by atoms with van der Waals surface area (Å²) in [5.74, 6) is -0.191. The van der Waals surface area contributed by atoms with Gasteiger partial charge < -0.3 is 20.3 Å². The van der Waals surface area contributed by atoms with Gasteiger partial charge in [0.1, 0.15) is 0 Å². The van der Waals surface area contributed by atoms with Gasteiger partial charge in [-0.25, -0.2) is 0 Å². The molecule has 0 radical (unpaired) electrons. The van der Waals surface area contributed by atoms with E-state index in [-0.39, 0.29) is 42.3 Å². The molecule has 1 unspecified atom stereocenters. The van der Waals surface area contributed by atoms with Crippen LogP contribution in [0, 0.1) is 0 Å². The number of carbonyl (C=O) groups is 2. The highest BCUT2D eigenvalue weighted by molar-refractivity contribution is 5.85. The lowest BCUT2D eigenvalue weighted by Gasteiger charge is -2.26. The zero-order valence-corrected chi connectivity index (χ0v) is 13.5. The lowest BCUT2D eigenvalue weighted by molar-refractivity contribution is -0.136. The lowest BCUT2D eigenvalue weighted by atomic mass is 10.1. The molecule has 6 nitrogen and oxygen atoms in total. The topological polar surface area (TPSA) is 70.7 Å². The van der Waals surface area contributed by atoms with Crippen molar-refractivity contribution in [3.8, 4) is 0 Å². The van der Waals surface area contributed by atoms with E-state index < -0.39 is 0 Å². The number of likely N-dealkylation sites (N-methyl/N-ethyl adjacent to an activating group) is 1. The molecule has 0 saturated carbocycles. The number of ether oxygens (including phenoxy) is 1. The Morgan fingerprint density at radius 3 is 2.55 bits per heavy atom. The van der Waals surface area contributed by atoms with Gasteiger partial charge in [-0.1, -0.05) is 0 Å². The number of nitrogens with zero attached hydrogens (tertiary/aromatic N) is 1. The summed E-state index contributed by atoms with van der Waals surface area (Å²) in [6.45, 7) is 7.83. The third-order valence-corrected chi connectivity index (χ3v) is 2.74. The van der Waals surface area contributed by atoms with Crippen LogP contribution in [-0.2, 0) is 14.3 Å². The molecule has 1 aliphatic heterocycles. The first-order valence-corrected chi connectivity index (χ1v) is 6.64. The Bertz CT molecular complexity index is 325. The normalized spacial score (nSPS) is 18.9. The number of rotatable bonds is 4. The van der Waals surface area contributed by atoms with E-state index in [1.165, 1.54) is 4.90 Å². The average molecular weight is 308 g/mol. The van der Waals surface area contributed by atoms with Crippen molar-refractivity contribution in [3.63, 3.8) is 0 Å². The van der Waals surface area contributed by atoms with E-state index in [1.807, 2.05) is 20.8 Å². The molecule has 2 amide bonds. The van der Waals surface area contributed by atoms with Crippen LogP contribution in [0.5, 0.6) is 0 Å². The summed E-state index contributed by atoms with van der Waals surface area (Å²) in [6, 6.07) is 0.0503. The van der Waals surface area contributed by atoms with E-state index in [2.05, 4.69) is 10.6 Å². The second-order valence-electron chi connectivity index (χ2n) is 5.98. The fourth-order valence-corrected chi connectivity index (χ4v) is 1.88. The highest BCUT2D eigenvalue weighted by Gasteiger charge is 2.21. The molecule has 1 rings (SSSR count). The minimum atomic E-state index is -0.278. The van der Waals surface area contributed by atoms with Gasteiger partial charge in [-0.05, 0) is 20.8 Å². The van der Waals surface area contributed by atoms with E-state index in [1.54, 1.807) is 7.05 Å². The first-order chi connectivity index (χ1) is 8.78. The van der Waals surface area contributed by atoms with E-state index in [9.17, 15) is 9.59 Å². The molecule has 0 bridgehead atoms. The van der Waals surface area contributed by atoms with Crippen molar-refractivity contribution < 1.29 is 14.3 Å². The third-order valence-electron chi connectivity index (χ3n) is 2.74. The van der Waals surface area contributed by atoms with Crippen LogP contribution in [0.1, 0.15) is 27.2 Å². The summed E-state index contributed by atoms with van der Waals surface area (Å²) >= 11 is 0. The van der Waals surface area contributed by atoms with Crippen LogP contribution >= 0.6 is 12.4 Å². The van der Waals surface area contributed by atoms with Crippen LogP contribution in [0.2, 0.25) is 0 Å². The summed E-state index contributed by atoms with van der Waals surface area (Å²) in [6.07, 6.45) is 0.360. The van der Waals surface area contributed by atoms with Crippen LogP contribution in [-0.4, -0.2) is 61.6 Å². The van der Waals surface area contributed by atoms with E-state index in [4.69, 9.17) is 4.74 Å². The van der Waals surface area contributed by atoms with Crippen molar-refractivity contribution in [2.24, 2.45) is 0 Å². The van der Waals surface area contributed by atoms with Crippen LogP contribution in [0.4, 0.5) is 0 Å². The van der Waals surface area contributed by atoms with Crippen molar-refractivity contribution in [3.05, 3.63) is 0 Å². The fourth-order valence-electron chi connectivity index (χ4n) is 1.88. The van der Waals surface area contributed by atoms with Gasteiger partial charge in [0, 0.05) is 31.6 Å². The molecule has 1 aliphatic rings. The summed E-state index contributed by atoms with van der Waals surface area (Å²) < 4.78 is 5.30. The number of hydrogen-bond acceptors (Lipinski definition) is 4. The smallest absolute Gasteiger partial charge is 0.240 e. The van der Waals surface area contributed by atoms with Gasteiger partial charge in [0.2, 0.25) is 11.8 Å². The van der Waals surface area contributed by atoms with Crippen molar-refractivity contribution in [1.82, 2.24) is 15.5 Å². The van der Waals surface area contributed by atoms with Crippen LogP contribution in [0.15, 0.2) is 0 Å². The summed E-state index contributed by atoms with van der Waals surface area (Å²) in [7, 11) is 1.65. The maximum atomic E-state index is 12.0. The molecule has 1 fully saturated rings. The summed E-state index contributed by atoms with van der Waals surface area (Å²) in [5, 5.41) is 6.06. The van der Waals surface area contributed by atoms with Crippen molar-refractivity contribution >= 4 is 24.2 Å². The second kappa shape index (κ2) is 8.44. The molecule has 1 saturated heterocycles. The third kappa shape index (κ3) is 7.67. The Hall–Kier alpha value is -0.850. The molecule has 0 spiro atoms. The predicted molar refractivity (Wildman–Crippen MR) is 80.0 cm³/mol. The van der Waals surface area contributed by atoms with E-state index in [0.29, 0.717) is 19.6 Å². The van der Waals surface area contributed by atoms with Gasteiger partial charge >= 0.3 is 0 Å². The minimum absolute atomic E-state index is 0. The number of nitrogens with one attached hydrogen (secondary N) is 2. The van der Waals surface area contributed by atoms with E-state index >= 15 is 0 Å². The largest absolute Gasteiger partial charge is 0.378 e. The Labute approximate surface area is 127 Å². The average Bonchev–Trinajstić information content (AvgIpc) is 2.27. The second-order valence-corrected chi connectivity index (χ2v) is 5.98. The maximum absolute atomic E-state index is 12.0.